The van der Waals surface area contributed by atoms with Gasteiger partial charge in [-0.1, -0.05) is 6.07 Å². The van der Waals surface area contributed by atoms with Gasteiger partial charge in [0.05, 0.1) is 53.8 Å². The number of rotatable bonds is 9. The van der Waals surface area contributed by atoms with Crippen LogP contribution in [0.25, 0.3) is 11.3 Å². The van der Waals surface area contributed by atoms with Gasteiger partial charge in [0.25, 0.3) is 0 Å². The summed E-state index contributed by atoms with van der Waals surface area (Å²) in [5.74, 6) is 2.27. The van der Waals surface area contributed by atoms with Gasteiger partial charge >= 0.3 is 0 Å². The third-order valence-electron chi connectivity index (χ3n) is 7.66. The molecule has 43 heavy (non-hydrogen) atoms. The van der Waals surface area contributed by atoms with Gasteiger partial charge in [-0.2, -0.15) is 4.98 Å². The van der Waals surface area contributed by atoms with Crippen LogP contribution in [-0.4, -0.2) is 66.7 Å². The molecule has 1 saturated carbocycles. The fourth-order valence-electron chi connectivity index (χ4n) is 5.10. The summed E-state index contributed by atoms with van der Waals surface area (Å²) >= 11 is 3.58. The molecule has 0 atom stereocenters. The topological polar surface area (TPSA) is 114 Å². The molecular weight excluding hydrogens is 629 g/mol. The first-order valence-electron chi connectivity index (χ1n) is 14.3. The molecule has 2 fully saturated rings. The fraction of sp³-hybridized carbons (Fsp3) is 0.355. The van der Waals surface area contributed by atoms with Crippen molar-refractivity contribution < 1.29 is 14.0 Å². The van der Waals surface area contributed by atoms with E-state index in [-0.39, 0.29) is 0 Å². The van der Waals surface area contributed by atoms with E-state index in [0.29, 0.717) is 46.4 Å². The van der Waals surface area contributed by atoms with E-state index in [1.807, 2.05) is 37.4 Å². The van der Waals surface area contributed by atoms with Gasteiger partial charge in [-0.3, -0.25) is 9.97 Å². The molecule has 0 bridgehead atoms. The molecule has 6 rings (SSSR count). The summed E-state index contributed by atoms with van der Waals surface area (Å²) in [7, 11) is -1.00. The molecule has 0 unspecified atom stereocenters. The normalized spacial score (nSPS) is 15.3. The van der Waals surface area contributed by atoms with E-state index >= 15 is 0 Å². The summed E-state index contributed by atoms with van der Waals surface area (Å²) in [4.78, 5) is 20.8. The number of anilines is 5. The molecule has 2 aromatic carbocycles. The standard InChI is InChI=1S/C31H35BrN7O3P/c1-19-13-27(39-9-11-42-12-10-39)28(41-2)15-24(19)37-31-35-16-22(32)30(38-31)36-23-8-7-21(14-29(23)43(3,4)40)26-18-33-25(17-34-26)20-5-6-20/h7-8,13-18,20H,5-6,9-12H2,1-4H3,(H2,35,36,37,38). The SMILES string of the molecule is COc1cc(Nc2ncc(Br)c(Nc3ccc(-c4cnc(C5CC5)cn4)cc3P(C)(C)=O)n2)c(C)cc1N1CCOCC1. The van der Waals surface area contributed by atoms with Crippen LogP contribution in [0.15, 0.2) is 53.4 Å². The van der Waals surface area contributed by atoms with Crippen molar-refractivity contribution in [1.82, 2.24) is 19.9 Å². The number of morpholine rings is 1. The van der Waals surface area contributed by atoms with Crippen LogP contribution in [-0.2, 0) is 9.30 Å². The maximum atomic E-state index is 13.4. The van der Waals surface area contributed by atoms with Crippen molar-refractivity contribution >= 4 is 57.2 Å². The van der Waals surface area contributed by atoms with E-state index in [1.54, 1.807) is 32.8 Å². The molecule has 1 saturated heterocycles. The summed E-state index contributed by atoms with van der Waals surface area (Å²) < 4.78 is 25.4. The van der Waals surface area contributed by atoms with E-state index in [2.05, 4.69) is 52.5 Å². The van der Waals surface area contributed by atoms with E-state index in [4.69, 9.17) is 14.5 Å². The van der Waals surface area contributed by atoms with Crippen LogP contribution in [0.3, 0.4) is 0 Å². The Morgan fingerprint density at radius 3 is 2.47 bits per heavy atom. The van der Waals surface area contributed by atoms with Gasteiger partial charge in [0, 0.05) is 54.0 Å². The second-order valence-corrected chi connectivity index (χ2v) is 15.3. The van der Waals surface area contributed by atoms with Crippen molar-refractivity contribution in [2.24, 2.45) is 0 Å². The lowest BCUT2D eigenvalue weighted by atomic mass is 10.1. The predicted molar refractivity (Wildman–Crippen MR) is 176 cm³/mol. The van der Waals surface area contributed by atoms with E-state index in [1.165, 1.54) is 12.8 Å². The number of aromatic nitrogens is 4. The predicted octanol–water partition coefficient (Wildman–Crippen LogP) is 6.46. The van der Waals surface area contributed by atoms with E-state index in [0.717, 1.165) is 52.7 Å². The van der Waals surface area contributed by atoms with Crippen molar-refractivity contribution in [2.45, 2.75) is 25.7 Å². The second-order valence-electron chi connectivity index (χ2n) is 11.3. The van der Waals surface area contributed by atoms with Gasteiger partial charge in [-0.25, -0.2) is 4.98 Å². The molecule has 0 spiro atoms. The highest BCUT2D eigenvalue weighted by Crippen LogP contribution is 2.41. The van der Waals surface area contributed by atoms with E-state index in [9.17, 15) is 4.57 Å². The van der Waals surface area contributed by atoms with Gasteiger partial charge in [-0.15, -0.1) is 0 Å². The number of hydrogen-bond acceptors (Lipinski definition) is 10. The van der Waals surface area contributed by atoms with Gasteiger partial charge in [0.2, 0.25) is 5.95 Å². The number of halogens is 1. The molecule has 12 heteroatoms. The van der Waals surface area contributed by atoms with Crippen molar-refractivity contribution in [3.63, 3.8) is 0 Å². The summed E-state index contributed by atoms with van der Waals surface area (Å²) in [6.45, 7) is 8.60. The minimum atomic E-state index is -2.68. The molecule has 2 N–H and O–H groups in total. The second kappa shape index (κ2) is 12.2. The minimum Gasteiger partial charge on any atom is -0.495 e. The van der Waals surface area contributed by atoms with Crippen molar-refractivity contribution in [1.29, 1.82) is 0 Å². The molecule has 0 amide bonds. The largest absolute Gasteiger partial charge is 0.495 e. The van der Waals surface area contributed by atoms with E-state index < -0.39 is 7.14 Å². The zero-order valence-corrected chi connectivity index (χ0v) is 27.2. The first kappa shape index (κ1) is 29.5. The molecule has 0 radical (unpaired) electrons. The Morgan fingerprint density at radius 2 is 1.79 bits per heavy atom. The average molecular weight is 665 g/mol. The smallest absolute Gasteiger partial charge is 0.229 e. The Kier molecular flexibility index (Phi) is 8.40. The lowest BCUT2D eigenvalue weighted by Gasteiger charge is -2.30. The first-order chi connectivity index (χ1) is 20.7. The Bertz CT molecular complexity index is 1690. The molecule has 4 aromatic rings. The number of hydrogen-bond donors (Lipinski definition) is 2. The Hall–Kier alpha value is -3.53. The molecule has 2 aromatic heterocycles. The first-order valence-corrected chi connectivity index (χ1v) is 17.7. The lowest BCUT2D eigenvalue weighted by Crippen LogP contribution is -2.36. The van der Waals surface area contributed by atoms with Crippen LogP contribution in [0.1, 0.15) is 30.0 Å². The summed E-state index contributed by atoms with van der Waals surface area (Å²) in [6.07, 6.45) is 7.71. The quantitative estimate of drug-likeness (QED) is 0.193. The fourth-order valence-corrected chi connectivity index (χ4v) is 6.56. The van der Waals surface area contributed by atoms with Crippen LogP contribution >= 0.6 is 23.1 Å². The lowest BCUT2D eigenvalue weighted by molar-refractivity contribution is 0.122. The Morgan fingerprint density at radius 1 is 1.00 bits per heavy atom. The molecule has 10 nitrogen and oxygen atoms in total. The highest BCUT2D eigenvalue weighted by Gasteiger charge is 2.25. The third-order valence-corrected chi connectivity index (χ3v) is 9.77. The molecule has 2 aliphatic rings. The number of benzene rings is 2. The average Bonchev–Trinajstić information content (AvgIpc) is 3.86. The van der Waals surface area contributed by atoms with Crippen LogP contribution < -0.4 is 25.6 Å². The van der Waals surface area contributed by atoms with Crippen LogP contribution in [0.2, 0.25) is 0 Å². The number of ether oxygens (including phenoxy) is 2. The van der Waals surface area contributed by atoms with Crippen molar-refractivity contribution in [3.05, 3.63) is 64.7 Å². The molecule has 3 heterocycles. The maximum Gasteiger partial charge on any atom is 0.229 e. The van der Waals surface area contributed by atoms with Gasteiger partial charge in [0.15, 0.2) is 0 Å². The highest BCUT2D eigenvalue weighted by atomic mass is 79.9. The van der Waals surface area contributed by atoms with Gasteiger partial charge in [0.1, 0.15) is 18.7 Å². The monoisotopic (exact) mass is 663 g/mol. The number of nitrogens with one attached hydrogen (secondary N) is 2. The molecular formula is C31H35BrN7O3P. The van der Waals surface area contributed by atoms with Crippen LogP contribution in [0.4, 0.5) is 28.8 Å². The van der Waals surface area contributed by atoms with Crippen LogP contribution in [0.5, 0.6) is 5.75 Å². The van der Waals surface area contributed by atoms with Crippen molar-refractivity contribution in [2.75, 3.05) is 62.3 Å². The Labute approximate surface area is 260 Å². The van der Waals surface area contributed by atoms with Crippen LogP contribution in [0, 0.1) is 6.92 Å². The minimum absolute atomic E-state index is 0.412. The van der Waals surface area contributed by atoms with Gasteiger partial charge in [-0.05, 0) is 72.8 Å². The summed E-state index contributed by atoms with van der Waals surface area (Å²) in [5, 5.41) is 7.44. The molecule has 1 aliphatic carbocycles. The molecule has 224 valence electrons. The molecule has 1 aliphatic heterocycles. The number of aryl methyl sites for hydroxylation is 1. The number of methoxy groups -OCH3 is 1. The summed E-state index contributed by atoms with van der Waals surface area (Å²) in [6, 6.07) is 9.90. The third kappa shape index (κ3) is 6.69. The van der Waals surface area contributed by atoms with Crippen molar-refractivity contribution in [3.8, 4) is 17.0 Å². The highest BCUT2D eigenvalue weighted by molar-refractivity contribution is 9.10. The van der Waals surface area contributed by atoms with Gasteiger partial charge < -0.3 is 29.6 Å². The summed E-state index contributed by atoms with van der Waals surface area (Å²) in [5.41, 5.74) is 6.28. The number of nitrogens with zero attached hydrogens (tertiary/aromatic N) is 5. The maximum absolute atomic E-state index is 13.4. The zero-order chi connectivity index (χ0) is 30.1. The zero-order valence-electron chi connectivity index (χ0n) is 24.7. The Balaban J connectivity index is 1.26.